The number of benzene rings is 1. The van der Waals surface area contributed by atoms with E-state index in [4.69, 9.17) is 0 Å². The number of hydrogen-bond donors (Lipinski definition) is 0. The third kappa shape index (κ3) is 5.58. The Morgan fingerprint density at radius 1 is 1.40 bits per heavy atom. The first-order chi connectivity index (χ1) is 7.18. The monoisotopic (exact) mass is 312 g/mol. The summed E-state index contributed by atoms with van der Waals surface area (Å²) < 4.78 is 0.532. The van der Waals surface area contributed by atoms with Crippen molar-refractivity contribution in [2.75, 3.05) is 0 Å². The van der Waals surface area contributed by atoms with Crippen LogP contribution in [-0.4, -0.2) is 9.71 Å². The molecule has 0 fully saturated rings. The number of hydrogen-bond acceptors (Lipinski definition) is 1. The van der Waals surface area contributed by atoms with Crippen molar-refractivity contribution in [3.05, 3.63) is 35.9 Å². The fourth-order valence-corrected chi connectivity index (χ4v) is 1.37. The van der Waals surface area contributed by atoms with Crippen LogP contribution in [0.3, 0.4) is 0 Å². The first-order valence-electron chi connectivity index (χ1n) is 4.92. The Bertz CT molecular complexity index is 371. The van der Waals surface area contributed by atoms with Crippen LogP contribution in [0.15, 0.2) is 30.3 Å². The number of carbonyl (C=O) groups is 1. The summed E-state index contributed by atoms with van der Waals surface area (Å²) in [6, 6.07) is 9.58. The third-order valence-corrected chi connectivity index (χ3v) is 2.51. The molecule has 1 nitrogen and oxygen atoms in total. The molecule has 1 aromatic carbocycles. The number of Topliss-reactive ketones (excluding diaryl/α,β-unsaturated/α-hetero) is 1. The molecule has 1 rings (SSSR count). The zero-order chi connectivity index (χ0) is 11.1. The number of alkyl halides is 1. The van der Waals surface area contributed by atoms with Crippen molar-refractivity contribution in [2.45, 2.75) is 23.7 Å². The van der Waals surface area contributed by atoms with Crippen LogP contribution in [-0.2, 0) is 4.79 Å². The van der Waals surface area contributed by atoms with E-state index in [1.54, 1.807) is 0 Å². The van der Waals surface area contributed by atoms with Crippen LogP contribution in [0.1, 0.15) is 25.3 Å². The molecule has 0 N–H and O–H groups in total. The maximum Gasteiger partial charge on any atom is 0.205 e. The molecule has 0 heterocycles. The van der Waals surface area contributed by atoms with Crippen LogP contribution in [0.5, 0.6) is 0 Å². The van der Waals surface area contributed by atoms with Crippen molar-refractivity contribution in [3.8, 4) is 11.8 Å². The fraction of sp³-hybridized carbons (Fsp3) is 0.308. The van der Waals surface area contributed by atoms with Gasteiger partial charge in [-0.2, -0.15) is 0 Å². The van der Waals surface area contributed by atoms with Crippen molar-refractivity contribution in [1.29, 1.82) is 0 Å². The summed E-state index contributed by atoms with van der Waals surface area (Å²) in [6.07, 6.45) is 1.47. The lowest BCUT2D eigenvalue weighted by Gasteiger charge is -1.97. The van der Waals surface area contributed by atoms with Gasteiger partial charge < -0.3 is 0 Å². The Morgan fingerprint density at radius 2 is 2.07 bits per heavy atom. The average Bonchev–Trinajstić information content (AvgIpc) is 2.25. The van der Waals surface area contributed by atoms with Crippen molar-refractivity contribution < 1.29 is 4.79 Å². The number of halogens is 1. The molecule has 0 spiro atoms. The molecule has 78 valence electrons. The predicted octanol–water partition coefficient (Wildman–Crippen LogP) is 3.21. The largest absolute Gasteiger partial charge is 0.285 e. The molecule has 0 radical (unpaired) electrons. The normalized spacial score (nSPS) is 11.3. The molecule has 0 bridgehead atoms. The van der Waals surface area contributed by atoms with E-state index in [0.29, 0.717) is 10.3 Å². The highest BCUT2D eigenvalue weighted by Crippen LogP contribution is 2.07. The molecule has 0 aliphatic heterocycles. The van der Waals surface area contributed by atoms with Gasteiger partial charge in [-0.15, -0.1) is 0 Å². The SMILES string of the molecule is CC(I)CCC(=O)C#Cc1ccccc1. The summed E-state index contributed by atoms with van der Waals surface area (Å²) in [5.74, 6) is 5.56. The Labute approximate surface area is 104 Å². The van der Waals surface area contributed by atoms with E-state index in [2.05, 4.69) is 41.4 Å². The highest BCUT2D eigenvalue weighted by atomic mass is 127. The lowest BCUT2D eigenvalue weighted by Crippen LogP contribution is -1.98. The Kier molecular flexibility index (Phi) is 5.41. The van der Waals surface area contributed by atoms with Gasteiger partial charge in [0.1, 0.15) is 0 Å². The topological polar surface area (TPSA) is 17.1 Å². The van der Waals surface area contributed by atoms with Gasteiger partial charge >= 0.3 is 0 Å². The van der Waals surface area contributed by atoms with Gasteiger partial charge in [0, 0.05) is 15.9 Å². The van der Waals surface area contributed by atoms with Crippen LogP contribution in [0.25, 0.3) is 0 Å². The molecular formula is C13H13IO. The quantitative estimate of drug-likeness (QED) is 0.476. The van der Waals surface area contributed by atoms with E-state index >= 15 is 0 Å². The third-order valence-electron chi connectivity index (χ3n) is 1.89. The molecule has 15 heavy (non-hydrogen) atoms. The average molecular weight is 312 g/mol. The Hall–Kier alpha value is -0.820. The fourth-order valence-electron chi connectivity index (χ4n) is 1.06. The van der Waals surface area contributed by atoms with E-state index in [1.165, 1.54) is 0 Å². The standard InChI is InChI=1S/C13H13IO/c1-11(14)7-9-13(15)10-8-12-5-3-2-4-6-12/h2-6,11H,7,9H2,1H3. The molecule has 2 heteroatoms. The number of rotatable bonds is 3. The first-order valence-corrected chi connectivity index (χ1v) is 6.17. The lowest BCUT2D eigenvalue weighted by atomic mass is 10.1. The van der Waals surface area contributed by atoms with Crippen LogP contribution in [0.2, 0.25) is 0 Å². The molecule has 0 aliphatic carbocycles. The van der Waals surface area contributed by atoms with Gasteiger partial charge in [-0.05, 0) is 24.5 Å². The van der Waals surface area contributed by atoms with Crippen LogP contribution >= 0.6 is 22.6 Å². The van der Waals surface area contributed by atoms with E-state index in [1.807, 2.05) is 30.3 Å². The van der Waals surface area contributed by atoms with Crippen LogP contribution in [0.4, 0.5) is 0 Å². The van der Waals surface area contributed by atoms with E-state index in [0.717, 1.165) is 12.0 Å². The number of carbonyl (C=O) groups excluding carboxylic acids is 1. The minimum Gasteiger partial charge on any atom is -0.285 e. The van der Waals surface area contributed by atoms with Gasteiger partial charge in [0.05, 0.1) is 0 Å². The zero-order valence-corrected chi connectivity index (χ0v) is 10.8. The molecular weight excluding hydrogens is 299 g/mol. The highest BCUT2D eigenvalue weighted by molar-refractivity contribution is 14.1. The molecule has 1 atom stereocenters. The van der Waals surface area contributed by atoms with Gasteiger partial charge in [0.2, 0.25) is 5.78 Å². The Morgan fingerprint density at radius 3 is 2.67 bits per heavy atom. The summed E-state index contributed by atoms with van der Waals surface area (Å²) in [5, 5.41) is 0. The minimum atomic E-state index is 0.0300. The summed E-state index contributed by atoms with van der Waals surface area (Å²) in [7, 11) is 0. The van der Waals surface area contributed by atoms with E-state index in [9.17, 15) is 4.79 Å². The molecule has 1 unspecified atom stereocenters. The molecule has 1 aromatic rings. The molecule has 0 saturated carbocycles. The molecule has 0 aliphatic rings. The number of ketones is 1. The second-order valence-corrected chi connectivity index (χ2v) is 5.49. The second-order valence-electron chi connectivity index (χ2n) is 3.36. The summed E-state index contributed by atoms with van der Waals surface area (Å²) in [6.45, 7) is 2.10. The summed E-state index contributed by atoms with van der Waals surface area (Å²) in [5.41, 5.74) is 0.897. The van der Waals surface area contributed by atoms with Crippen molar-refractivity contribution >= 4 is 28.4 Å². The van der Waals surface area contributed by atoms with Gasteiger partial charge in [0.15, 0.2) is 0 Å². The molecule has 0 saturated heterocycles. The van der Waals surface area contributed by atoms with Gasteiger partial charge in [-0.3, -0.25) is 4.79 Å². The van der Waals surface area contributed by atoms with E-state index in [-0.39, 0.29) is 5.78 Å². The van der Waals surface area contributed by atoms with Crippen molar-refractivity contribution in [3.63, 3.8) is 0 Å². The van der Waals surface area contributed by atoms with Gasteiger partial charge in [-0.25, -0.2) is 0 Å². The van der Waals surface area contributed by atoms with Gasteiger partial charge in [0.25, 0.3) is 0 Å². The van der Waals surface area contributed by atoms with Crippen molar-refractivity contribution in [1.82, 2.24) is 0 Å². The summed E-state index contributed by atoms with van der Waals surface area (Å²) in [4.78, 5) is 11.3. The molecule has 0 aromatic heterocycles. The highest BCUT2D eigenvalue weighted by Gasteiger charge is 2.00. The van der Waals surface area contributed by atoms with Crippen molar-refractivity contribution in [2.24, 2.45) is 0 Å². The predicted molar refractivity (Wildman–Crippen MR) is 71.0 cm³/mol. The second kappa shape index (κ2) is 6.62. The lowest BCUT2D eigenvalue weighted by molar-refractivity contribution is -0.113. The molecule has 0 amide bonds. The first kappa shape index (κ1) is 12.3. The van der Waals surface area contributed by atoms with E-state index < -0.39 is 0 Å². The maximum atomic E-state index is 11.3. The van der Waals surface area contributed by atoms with Gasteiger partial charge in [-0.1, -0.05) is 53.6 Å². The summed E-state index contributed by atoms with van der Waals surface area (Å²) >= 11 is 2.32. The van der Waals surface area contributed by atoms with Crippen LogP contribution in [0, 0.1) is 11.8 Å². The smallest absolute Gasteiger partial charge is 0.205 e. The maximum absolute atomic E-state index is 11.3. The van der Waals surface area contributed by atoms with Crippen LogP contribution < -0.4 is 0 Å². The minimum absolute atomic E-state index is 0.0300. The Balaban J connectivity index is 2.48. The zero-order valence-electron chi connectivity index (χ0n) is 8.66.